The molecule has 2 nitrogen and oxygen atoms in total. The molecule has 0 aliphatic carbocycles. The fourth-order valence-corrected chi connectivity index (χ4v) is 1.32. The van der Waals surface area contributed by atoms with Crippen molar-refractivity contribution in [3.63, 3.8) is 0 Å². The number of rotatable bonds is 1. The van der Waals surface area contributed by atoms with E-state index in [0.717, 1.165) is 12.1 Å². The van der Waals surface area contributed by atoms with Gasteiger partial charge in [-0.3, -0.25) is 0 Å². The summed E-state index contributed by atoms with van der Waals surface area (Å²) in [7, 11) is 0. The van der Waals surface area contributed by atoms with Crippen LogP contribution in [0.2, 0.25) is 5.02 Å². The Kier molecular flexibility index (Phi) is 2.69. The third-order valence-corrected chi connectivity index (χ3v) is 2.60. The van der Waals surface area contributed by atoms with Crippen LogP contribution in [0.25, 0.3) is 0 Å². The van der Waals surface area contributed by atoms with Crippen LogP contribution < -0.4 is 0 Å². The quantitative estimate of drug-likeness (QED) is 0.781. The van der Waals surface area contributed by atoms with E-state index in [9.17, 15) is 9.18 Å². The molecule has 0 atom stereocenters. The van der Waals surface area contributed by atoms with E-state index in [1.165, 1.54) is 0 Å². The molecule has 0 fully saturated rings. The Morgan fingerprint density at radius 2 is 2.17 bits per heavy atom. The van der Waals surface area contributed by atoms with Crippen molar-refractivity contribution in [2.24, 2.45) is 0 Å². The number of hydrogen-bond donors (Lipinski definition) is 1. The van der Waals surface area contributed by atoms with Crippen LogP contribution in [0.3, 0.4) is 0 Å². The molecule has 1 aromatic rings. The standard InChI is InChI=1S/C7H3BrClFO2/c8-6-4(7(11)12)1-3(10)2-5(6)9/h1-2H,(H,11,12). The first kappa shape index (κ1) is 9.48. The lowest BCUT2D eigenvalue weighted by Crippen LogP contribution is -1.98. The Labute approximate surface area is 81.1 Å². The molecule has 0 heterocycles. The van der Waals surface area contributed by atoms with Crippen LogP contribution in [0, 0.1) is 5.82 Å². The van der Waals surface area contributed by atoms with E-state index in [1.54, 1.807) is 0 Å². The zero-order chi connectivity index (χ0) is 9.30. The molecule has 1 N–H and O–H groups in total. The average molecular weight is 253 g/mol. The normalized spacial score (nSPS) is 9.92. The Balaban J connectivity index is 3.37. The molecule has 0 radical (unpaired) electrons. The maximum atomic E-state index is 12.6. The first-order chi connectivity index (χ1) is 5.52. The lowest BCUT2D eigenvalue weighted by Gasteiger charge is -2.00. The predicted molar refractivity (Wildman–Crippen MR) is 46.1 cm³/mol. The van der Waals surface area contributed by atoms with E-state index in [1.807, 2.05) is 0 Å². The molecule has 0 bridgehead atoms. The van der Waals surface area contributed by atoms with E-state index in [4.69, 9.17) is 16.7 Å². The van der Waals surface area contributed by atoms with Crippen LogP contribution in [0.4, 0.5) is 4.39 Å². The molecular formula is C7H3BrClFO2. The van der Waals surface area contributed by atoms with Gasteiger partial charge in [-0.2, -0.15) is 0 Å². The molecule has 0 amide bonds. The van der Waals surface area contributed by atoms with E-state index in [2.05, 4.69) is 15.9 Å². The van der Waals surface area contributed by atoms with Gasteiger partial charge in [-0.15, -0.1) is 0 Å². The summed E-state index contributed by atoms with van der Waals surface area (Å²) in [5.41, 5.74) is -0.181. The number of hydrogen-bond acceptors (Lipinski definition) is 1. The number of aromatic carboxylic acids is 1. The maximum absolute atomic E-state index is 12.6. The third kappa shape index (κ3) is 1.76. The summed E-state index contributed by atoms with van der Waals surface area (Å²) >= 11 is 8.45. The minimum Gasteiger partial charge on any atom is -0.478 e. The molecule has 0 spiro atoms. The first-order valence-corrected chi connectivity index (χ1v) is 4.07. The van der Waals surface area contributed by atoms with Gasteiger partial charge >= 0.3 is 5.97 Å². The molecule has 0 unspecified atom stereocenters. The van der Waals surface area contributed by atoms with E-state index >= 15 is 0 Å². The SMILES string of the molecule is O=C(O)c1cc(F)cc(Cl)c1Br. The number of carboxylic acid groups (broad SMARTS) is 1. The van der Waals surface area contributed by atoms with Crippen LogP contribution in [-0.4, -0.2) is 11.1 Å². The summed E-state index contributed by atoms with van der Waals surface area (Å²) in [6.07, 6.45) is 0. The van der Waals surface area contributed by atoms with Crippen molar-refractivity contribution in [3.05, 3.63) is 33.0 Å². The Morgan fingerprint density at radius 3 is 2.67 bits per heavy atom. The second kappa shape index (κ2) is 3.41. The summed E-state index contributed by atoms with van der Waals surface area (Å²) in [4.78, 5) is 10.5. The maximum Gasteiger partial charge on any atom is 0.336 e. The zero-order valence-electron chi connectivity index (χ0n) is 5.64. The van der Waals surface area contributed by atoms with Crippen molar-refractivity contribution < 1.29 is 14.3 Å². The molecule has 0 aromatic heterocycles. The predicted octanol–water partition coefficient (Wildman–Crippen LogP) is 2.94. The highest BCUT2D eigenvalue weighted by atomic mass is 79.9. The van der Waals surface area contributed by atoms with E-state index in [-0.39, 0.29) is 15.1 Å². The van der Waals surface area contributed by atoms with Crippen molar-refractivity contribution >= 4 is 33.5 Å². The monoisotopic (exact) mass is 252 g/mol. The van der Waals surface area contributed by atoms with Gasteiger partial charge in [-0.05, 0) is 28.1 Å². The lowest BCUT2D eigenvalue weighted by molar-refractivity contribution is 0.0695. The van der Waals surface area contributed by atoms with Crippen LogP contribution in [-0.2, 0) is 0 Å². The fourth-order valence-electron chi connectivity index (χ4n) is 0.712. The Bertz CT molecular complexity index is 340. The molecule has 1 aromatic carbocycles. The van der Waals surface area contributed by atoms with Crippen LogP contribution in [0.5, 0.6) is 0 Å². The Morgan fingerprint density at radius 1 is 1.58 bits per heavy atom. The number of benzene rings is 1. The van der Waals surface area contributed by atoms with Gasteiger partial charge in [0.25, 0.3) is 0 Å². The van der Waals surface area contributed by atoms with Crippen molar-refractivity contribution in [2.45, 2.75) is 0 Å². The summed E-state index contributed by atoms with van der Waals surface area (Å²) in [6.45, 7) is 0. The summed E-state index contributed by atoms with van der Waals surface area (Å²) in [6, 6.07) is 1.94. The summed E-state index contributed by atoms with van der Waals surface area (Å²) in [5, 5.41) is 8.61. The van der Waals surface area contributed by atoms with Gasteiger partial charge in [0.1, 0.15) is 5.82 Å². The molecule has 12 heavy (non-hydrogen) atoms. The highest BCUT2D eigenvalue weighted by Crippen LogP contribution is 2.27. The van der Waals surface area contributed by atoms with E-state index in [0.29, 0.717) is 0 Å². The van der Waals surface area contributed by atoms with Gasteiger partial charge in [0.05, 0.1) is 15.1 Å². The number of halogens is 3. The number of carbonyl (C=O) groups is 1. The first-order valence-electron chi connectivity index (χ1n) is 2.90. The van der Waals surface area contributed by atoms with Crippen molar-refractivity contribution in [3.8, 4) is 0 Å². The Hall–Kier alpha value is -0.610. The molecule has 64 valence electrons. The van der Waals surface area contributed by atoms with Gasteiger partial charge in [-0.1, -0.05) is 11.6 Å². The van der Waals surface area contributed by atoms with E-state index < -0.39 is 11.8 Å². The summed E-state index contributed by atoms with van der Waals surface area (Å²) in [5.74, 6) is -1.89. The molecule has 5 heteroatoms. The molecule has 0 saturated carbocycles. The van der Waals surface area contributed by atoms with Gasteiger partial charge in [-0.25, -0.2) is 9.18 Å². The topological polar surface area (TPSA) is 37.3 Å². The van der Waals surface area contributed by atoms with Crippen molar-refractivity contribution in [2.75, 3.05) is 0 Å². The molecule has 1 rings (SSSR count). The average Bonchev–Trinajstić information content (AvgIpc) is 1.96. The van der Waals surface area contributed by atoms with Gasteiger partial charge in [0.15, 0.2) is 0 Å². The molecule has 0 saturated heterocycles. The highest BCUT2D eigenvalue weighted by molar-refractivity contribution is 9.10. The highest BCUT2D eigenvalue weighted by Gasteiger charge is 2.12. The van der Waals surface area contributed by atoms with Gasteiger partial charge in [0, 0.05) is 0 Å². The van der Waals surface area contributed by atoms with Crippen LogP contribution in [0.15, 0.2) is 16.6 Å². The number of carboxylic acids is 1. The smallest absolute Gasteiger partial charge is 0.336 e. The van der Waals surface area contributed by atoms with Gasteiger partial charge in [0.2, 0.25) is 0 Å². The molecule has 0 aliphatic heterocycles. The minimum absolute atomic E-state index is 0.0485. The van der Waals surface area contributed by atoms with Gasteiger partial charge < -0.3 is 5.11 Å². The second-order valence-corrected chi connectivity index (χ2v) is 3.25. The lowest BCUT2D eigenvalue weighted by atomic mass is 10.2. The largest absolute Gasteiger partial charge is 0.478 e. The van der Waals surface area contributed by atoms with Crippen LogP contribution in [0.1, 0.15) is 10.4 Å². The summed E-state index contributed by atoms with van der Waals surface area (Å²) < 4.78 is 12.8. The van der Waals surface area contributed by atoms with Crippen molar-refractivity contribution in [1.82, 2.24) is 0 Å². The molecule has 0 aliphatic rings. The zero-order valence-corrected chi connectivity index (χ0v) is 7.99. The fraction of sp³-hybridized carbons (Fsp3) is 0. The van der Waals surface area contributed by atoms with Crippen LogP contribution >= 0.6 is 27.5 Å². The minimum atomic E-state index is -1.22. The molecular weight excluding hydrogens is 250 g/mol. The van der Waals surface area contributed by atoms with Crippen molar-refractivity contribution in [1.29, 1.82) is 0 Å². The third-order valence-electron chi connectivity index (χ3n) is 1.22. The second-order valence-electron chi connectivity index (χ2n) is 2.05.